The zero-order chi connectivity index (χ0) is 20.6. The number of carbonyl (C=O) groups is 1. The number of ether oxygens (including phenoxy) is 1. The average molecular weight is 418 g/mol. The van der Waals surface area contributed by atoms with E-state index in [9.17, 15) is 18.0 Å². The van der Waals surface area contributed by atoms with E-state index in [1.807, 2.05) is 24.3 Å². The van der Waals surface area contributed by atoms with E-state index in [1.165, 1.54) is 18.2 Å². The van der Waals surface area contributed by atoms with E-state index < -0.39 is 18.0 Å². The molecule has 0 aliphatic carbocycles. The number of nitrogens with one attached hydrogen (secondary N) is 2. The van der Waals surface area contributed by atoms with E-state index in [4.69, 9.17) is 12.2 Å². The Bertz CT molecular complexity index is 1280. The number of aromatic nitrogens is 3. The fourth-order valence-electron chi connectivity index (χ4n) is 2.98. The number of carbonyl (C=O) groups excluding carboxylic acids is 1. The maximum atomic E-state index is 12.5. The molecule has 2 aromatic heterocycles. The molecule has 0 atom stereocenters. The van der Waals surface area contributed by atoms with Crippen LogP contribution >= 0.6 is 12.2 Å². The van der Waals surface area contributed by atoms with E-state index >= 15 is 0 Å². The lowest BCUT2D eigenvalue weighted by molar-refractivity contribution is -0.274. The van der Waals surface area contributed by atoms with Crippen molar-refractivity contribution in [3.63, 3.8) is 0 Å². The SMILES string of the molecule is O=C(NCc1cc2c3ccccc3[nH]c(=S)n2n1)c1ccccc1OC(F)(F)F. The Morgan fingerprint density at radius 3 is 2.69 bits per heavy atom. The topological polar surface area (TPSA) is 71.4 Å². The van der Waals surface area contributed by atoms with Gasteiger partial charge in [0.1, 0.15) is 5.75 Å². The highest BCUT2D eigenvalue weighted by molar-refractivity contribution is 7.71. The molecule has 0 radical (unpaired) electrons. The smallest absolute Gasteiger partial charge is 0.405 e. The zero-order valence-corrected chi connectivity index (χ0v) is 15.5. The molecule has 2 heterocycles. The van der Waals surface area contributed by atoms with Gasteiger partial charge in [-0.2, -0.15) is 5.10 Å². The summed E-state index contributed by atoms with van der Waals surface area (Å²) in [6.07, 6.45) is -4.89. The van der Waals surface area contributed by atoms with Crippen molar-refractivity contribution in [2.24, 2.45) is 0 Å². The summed E-state index contributed by atoms with van der Waals surface area (Å²) in [5.74, 6) is -1.28. The molecule has 0 spiro atoms. The van der Waals surface area contributed by atoms with Crippen LogP contribution in [0.5, 0.6) is 5.75 Å². The van der Waals surface area contributed by atoms with Gasteiger partial charge in [-0.15, -0.1) is 13.2 Å². The summed E-state index contributed by atoms with van der Waals surface area (Å²) in [4.78, 5) is 15.5. The van der Waals surface area contributed by atoms with Gasteiger partial charge in [-0.1, -0.05) is 30.3 Å². The molecule has 0 bridgehead atoms. The van der Waals surface area contributed by atoms with Crippen molar-refractivity contribution in [2.75, 3.05) is 0 Å². The molecule has 2 aromatic carbocycles. The van der Waals surface area contributed by atoms with E-state index in [0.717, 1.165) is 22.5 Å². The summed E-state index contributed by atoms with van der Waals surface area (Å²) >= 11 is 5.31. The molecule has 0 aliphatic heterocycles. The van der Waals surface area contributed by atoms with E-state index in [1.54, 1.807) is 10.6 Å². The van der Waals surface area contributed by atoms with Crippen molar-refractivity contribution < 1.29 is 22.7 Å². The van der Waals surface area contributed by atoms with Gasteiger partial charge in [0, 0.05) is 10.9 Å². The van der Waals surface area contributed by atoms with Crippen LogP contribution in [0, 0.1) is 4.77 Å². The van der Waals surface area contributed by atoms with Crippen LogP contribution in [-0.2, 0) is 6.54 Å². The number of H-pyrrole nitrogens is 1. The lowest BCUT2D eigenvalue weighted by Gasteiger charge is -2.12. The summed E-state index contributed by atoms with van der Waals surface area (Å²) in [6, 6.07) is 14.5. The summed E-state index contributed by atoms with van der Waals surface area (Å²) in [7, 11) is 0. The molecule has 10 heteroatoms. The maximum absolute atomic E-state index is 12.5. The van der Waals surface area contributed by atoms with Gasteiger partial charge in [0.05, 0.1) is 23.3 Å². The number of alkyl halides is 3. The predicted molar refractivity (Wildman–Crippen MR) is 102 cm³/mol. The summed E-state index contributed by atoms with van der Waals surface area (Å²) in [5, 5.41) is 7.83. The van der Waals surface area contributed by atoms with Gasteiger partial charge in [-0.3, -0.25) is 4.79 Å². The highest BCUT2D eigenvalue weighted by Gasteiger charge is 2.32. The molecule has 1 amide bonds. The van der Waals surface area contributed by atoms with Gasteiger partial charge >= 0.3 is 6.36 Å². The van der Waals surface area contributed by atoms with Gasteiger partial charge in [0.15, 0.2) is 4.77 Å². The molecular formula is C19H13F3N4O2S. The van der Waals surface area contributed by atoms with Crippen molar-refractivity contribution >= 4 is 34.5 Å². The number of aromatic amines is 1. The van der Waals surface area contributed by atoms with Crippen LogP contribution in [0.2, 0.25) is 0 Å². The van der Waals surface area contributed by atoms with Crippen molar-refractivity contribution in [2.45, 2.75) is 12.9 Å². The number of hydrogen-bond donors (Lipinski definition) is 2. The van der Waals surface area contributed by atoms with Crippen LogP contribution in [-0.4, -0.2) is 26.9 Å². The van der Waals surface area contributed by atoms with Crippen LogP contribution in [0.25, 0.3) is 16.4 Å². The zero-order valence-electron chi connectivity index (χ0n) is 14.7. The van der Waals surface area contributed by atoms with Crippen LogP contribution < -0.4 is 10.1 Å². The molecular weight excluding hydrogens is 405 g/mol. The monoisotopic (exact) mass is 418 g/mol. The van der Waals surface area contributed by atoms with Gasteiger partial charge < -0.3 is 15.0 Å². The summed E-state index contributed by atoms with van der Waals surface area (Å²) in [6.45, 7) is 0.00393. The molecule has 148 valence electrons. The van der Waals surface area contributed by atoms with E-state index in [-0.39, 0.29) is 12.1 Å². The third-order valence-electron chi connectivity index (χ3n) is 4.18. The van der Waals surface area contributed by atoms with E-state index in [2.05, 4.69) is 20.1 Å². The number of nitrogens with zero attached hydrogens (tertiary/aromatic N) is 2. The first-order chi connectivity index (χ1) is 13.8. The largest absolute Gasteiger partial charge is 0.573 e. The number of fused-ring (bicyclic) bond motifs is 3. The second-order valence-electron chi connectivity index (χ2n) is 6.14. The fraction of sp³-hybridized carbons (Fsp3) is 0.105. The molecule has 0 unspecified atom stereocenters. The minimum Gasteiger partial charge on any atom is -0.405 e. The third kappa shape index (κ3) is 3.92. The molecule has 6 nitrogen and oxygen atoms in total. The van der Waals surface area contributed by atoms with Gasteiger partial charge in [0.25, 0.3) is 5.91 Å². The number of benzene rings is 2. The van der Waals surface area contributed by atoms with Crippen molar-refractivity contribution in [1.82, 2.24) is 19.9 Å². The molecule has 4 rings (SSSR count). The fourth-order valence-corrected chi connectivity index (χ4v) is 3.23. The van der Waals surface area contributed by atoms with Crippen LogP contribution in [0.1, 0.15) is 16.1 Å². The van der Waals surface area contributed by atoms with Gasteiger partial charge in [0.2, 0.25) is 0 Å². The normalized spacial score (nSPS) is 11.7. The number of halogens is 3. The Labute approximate surface area is 166 Å². The number of amides is 1. The quantitative estimate of drug-likeness (QED) is 0.483. The number of hydrogen-bond acceptors (Lipinski definition) is 4. The minimum absolute atomic E-state index is 0.00393. The molecule has 29 heavy (non-hydrogen) atoms. The Hall–Kier alpha value is -3.40. The maximum Gasteiger partial charge on any atom is 0.573 e. The predicted octanol–water partition coefficient (Wildman–Crippen LogP) is 4.37. The molecule has 2 N–H and O–H groups in total. The third-order valence-corrected chi connectivity index (χ3v) is 4.46. The Balaban J connectivity index is 1.59. The summed E-state index contributed by atoms with van der Waals surface area (Å²) < 4.78 is 43.5. The molecule has 0 saturated carbocycles. The first-order valence-electron chi connectivity index (χ1n) is 8.44. The van der Waals surface area contributed by atoms with Gasteiger partial charge in [-0.05, 0) is 36.5 Å². The molecule has 0 saturated heterocycles. The molecule has 0 fully saturated rings. The minimum atomic E-state index is -4.89. The average Bonchev–Trinajstić information content (AvgIpc) is 3.11. The standard InChI is InChI=1S/C19H13F3N4O2S/c20-19(21,22)28-16-8-4-2-6-13(16)17(27)23-10-11-9-15-12-5-1-3-7-14(12)24-18(29)26(15)25-11/h1-9H,10H2,(H,23,27)(H,24,29). The summed E-state index contributed by atoms with van der Waals surface area (Å²) in [5.41, 5.74) is 1.88. The van der Waals surface area contributed by atoms with Crippen molar-refractivity contribution in [1.29, 1.82) is 0 Å². The Morgan fingerprint density at radius 2 is 1.90 bits per heavy atom. The highest BCUT2D eigenvalue weighted by atomic mass is 32.1. The highest BCUT2D eigenvalue weighted by Crippen LogP contribution is 2.26. The lowest BCUT2D eigenvalue weighted by atomic mass is 10.2. The van der Waals surface area contributed by atoms with Crippen LogP contribution in [0.15, 0.2) is 54.6 Å². The molecule has 0 aliphatic rings. The van der Waals surface area contributed by atoms with Crippen molar-refractivity contribution in [3.05, 3.63) is 70.6 Å². The number of para-hydroxylation sites is 2. The second kappa shape index (κ2) is 7.21. The first kappa shape index (κ1) is 18.9. The Morgan fingerprint density at radius 1 is 1.17 bits per heavy atom. The molecule has 4 aromatic rings. The van der Waals surface area contributed by atoms with Crippen LogP contribution in [0.3, 0.4) is 0 Å². The van der Waals surface area contributed by atoms with E-state index in [0.29, 0.717) is 10.5 Å². The van der Waals surface area contributed by atoms with Crippen molar-refractivity contribution in [3.8, 4) is 5.75 Å². The van der Waals surface area contributed by atoms with Gasteiger partial charge in [-0.25, -0.2) is 4.52 Å². The Kier molecular flexibility index (Phi) is 4.71. The first-order valence-corrected chi connectivity index (χ1v) is 8.85. The second-order valence-corrected chi connectivity index (χ2v) is 6.52. The van der Waals surface area contributed by atoms with Crippen LogP contribution in [0.4, 0.5) is 13.2 Å². The lowest BCUT2D eigenvalue weighted by Crippen LogP contribution is -2.25. The number of rotatable bonds is 4.